The van der Waals surface area contributed by atoms with E-state index in [1.807, 2.05) is 13.8 Å². The van der Waals surface area contributed by atoms with Crippen molar-refractivity contribution in [2.45, 2.75) is 19.9 Å². The van der Waals surface area contributed by atoms with Crippen molar-refractivity contribution in [1.82, 2.24) is 9.80 Å². The van der Waals surface area contributed by atoms with E-state index in [1.54, 1.807) is 55.6 Å². The van der Waals surface area contributed by atoms with E-state index < -0.39 is 23.7 Å². The minimum Gasteiger partial charge on any atom is -0.497 e. The number of nitrogens with zero attached hydrogens (tertiary/aromatic N) is 2. The lowest BCUT2D eigenvalue weighted by molar-refractivity contribution is -0.140. The smallest absolute Gasteiger partial charge is 0.291 e. The molecule has 1 heterocycles. The van der Waals surface area contributed by atoms with E-state index in [-0.39, 0.29) is 5.78 Å². The van der Waals surface area contributed by atoms with E-state index >= 15 is 0 Å². The van der Waals surface area contributed by atoms with Crippen molar-refractivity contribution in [3.8, 4) is 11.5 Å². The Bertz CT molecular complexity index is 972. The van der Waals surface area contributed by atoms with Crippen LogP contribution in [0.15, 0.2) is 48.5 Å². The van der Waals surface area contributed by atoms with Crippen molar-refractivity contribution in [2.75, 3.05) is 40.4 Å². The van der Waals surface area contributed by atoms with Crippen molar-refractivity contribution in [1.29, 1.82) is 0 Å². The second-order valence-corrected chi connectivity index (χ2v) is 7.65. The number of likely N-dealkylation sites (N-methyl/N-ethyl adjacent to an activating group) is 1. The Labute approximate surface area is 188 Å². The average molecular weight is 439 g/mol. The van der Waals surface area contributed by atoms with Gasteiger partial charge in [0.05, 0.1) is 20.3 Å². The first-order chi connectivity index (χ1) is 15.5. The molecule has 0 radical (unpaired) electrons. The van der Waals surface area contributed by atoms with E-state index in [4.69, 9.17) is 9.47 Å². The summed E-state index contributed by atoms with van der Waals surface area (Å²) in [7, 11) is 3.07. The number of amides is 1. The lowest BCUT2D eigenvalue weighted by atomic mass is 9.86. The highest BCUT2D eigenvalue weighted by atomic mass is 16.5. The Hall–Kier alpha value is -3.19. The predicted octanol–water partition coefficient (Wildman–Crippen LogP) is 3.00. The Morgan fingerprint density at radius 2 is 1.69 bits per heavy atom. The summed E-state index contributed by atoms with van der Waals surface area (Å²) in [5.41, 5.74) is 0.982. The molecule has 1 aliphatic rings. The Morgan fingerprint density at radius 1 is 1.00 bits per heavy atom. The highest BCUT2D eigenvalue weighted by Crippen LogP contribution is 2.43. The maximum absolute atomic E-state index is 13.5. The van der Waals surface area contributed by atoms with E-state index in [9.17, 15) is 14.4 Å². The molecule has 1 amide bonds. The van der Waals surface area contributed by atoms with E-state index in [0.29, 0.717) is 35.7 Å². The summed E-state index contributed by atoms with van der Waals surface area (Å²) in [6.07, 6.45) is 0. The van der Waals surface area contributed by atoms with Gasteiger partial charge in [-0.25, -0.2) is 0 Å². The van der Waals surface area contributed by atoms with Gasteiger partial charge in [0, 0.05) is 24.2 Å². The van der Waals surface area contributed by atoms with Crippen LogP contribution in [0.5, 0.6) is 11.5 Å². The molecule has 0 aromatic heterocycles. The first-order valence-electron chi connectivity index (χ1n) is 10.8. The second kappa shape index (κ2) is 10.4. The van der Waals surface area contributed by atoms with Crippen LogP contribution in [0.3, 0.4) is 0 Å². The van der Waals surface area contributed by atoms with Gasteiger partial charge < -0.3 is 19.3 Å². The maximum atomic E-state index is 13.5. The number of carbonyl (C=O) groups excluding carboxylic acids is 3. The molecule has 1 aliphatic heterocycles. The highest BCUT2D eigenvalue weighted by Gasteiger charge is 2.52. The number of hydrogen-bond acceptors (Lipinski definition) is 6. The minimum atomic E-state index is -1.15. The van der Waals surface area contributed by atoms with Crippen molar-refractivity contribution in [3.05, 3.63) is 59.7 Å². The van der Waals surface area contributed by atoms with Crippen molar-refractivity contribution in [3.63, 3.8) is 0 Å². The molecule has 1 fully saturated rings. The van der Waals surface area contributed by atoms with Gasteiger partial charge in [0.2, 0.25) is 5.78 Å². The molecule has 2 aromatic rings. The molecule has 2 unspecified atom stereocenters. The largest absolute Gasteiger partial charge is 0.497 e. The van der Waals surface area contributed by atoms with Crippen LogP contribution in [0.1, 0.15) is 35.8 Å². The van der Waals surface area contributed by atoms with Crippen LogP contribution in [-0.2, 0) is 9.59 Å². The van der Waals surface area contributed by atoms with Gasteiger partial charge >= 0.3 is 0 Å². The lowest BCUT2D eigenvalue weighted by Gasteiger charge is -2.30. The molecule has 0 saturated carbocycles. The molecule has 0 aliphatic carbocycles. The standard InChI is InChI=1S/C25H30N2O5/c1-5-26(6-2)14-15-27-22(19-16-18(31-3)12-13-20(19)32-4)21(24(29)25(27)30)23(28)17-10-8-7-9-11-17/h7-13,16,21-22H,5-6,14-15H2,1-4H3. The number of ether oxygens (including phenoxy) is 2. The molecule has 2 atom stereocenters. The lowest BCUT2D eigenvalue weighted by Crippen LogP contribution is -2.38. The quantitative estimate of drug-likeness (QED) is 0.323. The first kappa shape index (κ1) is 23.5. The fourth-order valence-electron chi connectivity index (χ4n) is 4.22. The fraction of sp³-hybridized carbons (Fsp3) is 0.400. The zero-order valence-corrected chi connectivity index (χ0v) is 19.0. The summed E-state index contributed by atoms with van der Waals surface area (Å²) in [5, 5.41) is 0. The van der Waals surface area contributed by atoms with Gasteiger partial charge in [-0.15, -0.1) is 0 Å². The Balaban J connectivity index is 2.10. The molecule has 170 valence electrons. The number of hydrogen-bond donors (Lipinski definition) is 0. The van der Waals surface area contributed by atoms with Gasteiger partial charge in [0.25, 0.3) is 5.91 Å². The average Bonchev–Trinajstić information content (AvgIpc) is 3.09. The number of benzene rings is 2. The van der Waals surface area contributed by atoms with Gasteiger partial charge in [-0.05, 0) is 31.3 Å². The fourth-order valence-corrected chi connectivity index (χ4v) is 4.22. The van der Waals surface area contributed by atoms with E-state index in [2.05, 4.69) is 4.90 Å². The number of rotatable bonds is 10. The molecule has 0 spiro atoms. The molecule has 3 rings (SSSR count). The third-order valence-corrected chi connectivity index (χ3v) is 6.05. The van der Waals surface area contributed by atoms with E-state index in [1.165, 1.54) is 12.0 Å². The maximum Gasteiger partial charge on any atom is 0.291 e. The summed E-state index contributed by atoms with van der Waals surface area (Å²) >= 11 is 0. The zero-order chi connectivity index (χ0) is 23.3. The molecule has 0 N–H and O–H groups in total. The Morgan fingerprint density at radius 3 is 2.28 bits per heavy atom. The first-order valence-corrected chi connectivity index (χ1v) is 10.8. The summed E-state index contributed by atoms with van der Waals surface area (Å²) in [5.74, 6) is -1.79. The molecule has 2 aromatic carbocycles. The van der Waals surface area contributed by atoms with Crippen LogP contribution in [0.25, 0.3) is 0 Å². The summed E-state index contributed by atoms with van der Waals surface area (Å²) in [6.45, 7) is 6.67. The summed E-state index contributed by atoms with van der Waals surface area (Å²) in [4.78, 5) is 43.4. The van der Waals surface area contributed by atoms with Crippen LogP contribution in [-0.4, -0.2) is 67.7 Å². The van der Waals surface area contributed by atoms with Gasteiger partial charge in [-0.3, -0.25) is 14.4 Å². The van der Waals surface area contributed by atoms with E-state index in [0.717, 1.165) is 13.1 Å². The molecule has 1 saturated heterocycles. The van der Waals surface area contributed by atoms with Crippen LogP contribution in [0.2, 0.25) is 0 Å². The third kappa shape index (κ3) is 4.53. The normalized spacial score (nSPS) is 18.3. The molecular formula is C25H30N2O5. The van der Waals surface area contributed by atoms with Crippen molar-refractivity contribution in [2.24, 2.45) is 5.92 Å². The topological polar surface area (TPSA) is 76.2 Å². The SMILES string of the molecule is CCN(CC)CCN1C(=O)C(=O)C(C(=O)c2ccccc2)C1c1cc(OC)ccc1OC. The summed E-state index contributed by atoms with van der Waals surface area (Å²) in [6, 6.07) is 13.1. The van der Waals surface area contributed by atoms with Gasteiger partial charge in [-0.1, -0.05) is 44.2 Å². The second-order valence-electron chi connectivity index (χ2n) is 7.65. The van der Waals surface area contributed by atoms with Crippen molar-refractivity contribution >= 4 is 17.5 Å². The number of carbonyl (C=O) groups is 3. The monoisotopic (exact) mass is 438 g/mol. The molecule has 7 heteroatoms. The Kier molecular flexibility index (Phi) is 7.64. The van der Waals surface area contributed by atoms with Gasteiger partial charge in [0.15, 0.2) is 5.78 Å². The number of methoxy groups -OCH3 is 2. The molecule has 7 nitrogen and oxygen atoms in total. The highest BCUT2D eigenvalue weighted by molar-refractivity contribution is 6.44. The summed E-state index contributed by atoms with van der Waals surface area (Å²) < 4.78 is 10.9. The zero-order valence-electron chi connectivity index (χ0n) is 19.0. The van der Waals surface area contributed by atoms with Gasteiger partial charge in [0.1, 0.15) is 17.4 Å². The van der Waals surface area contributed by atoms with Crippen LogP contribution < -0.4 is 9.47 Å². The molecule has 0 bridgehead atoms. The number of ketones is 2. The third-order valence-electron chi connectivity index (χ3n) is 6.05. The molecule has 32 heavy (non-hydrogen) atoms. The van der Waals surface area contributed by atoms with Crippen LogP contribution in [0.4, 0.5) is 0 Å². The van der Waals surface area contributed by atoms with Crippen LogP contribution >= 0.6 is 0 Å². The van der Waals surface area contributed by atoms with Crippen molar-refractivity contribution < 1.29 is 23.9 Å². The van der Waals surface area contributed by atoms with Crippen LogP contribution in [0, 0.1) is 5.92 Å². The number of Topliss-reactive ketones (excluding diaryl/α,β-unsaturated/α-hetero) is 2. The minimum absolute atomic E-state index is 0.329. The number of likely N-dealkylation sites (tertiary alicyclic amines) is 1. The molecular weight excluding hydrogens is 408 g/mol. The van der Waals surface area contributed by atoms with Gasteiger partial charge in [-0.2, -0.15) is 0 Å². The predicted molar refractivity (Wildman–Crippen MR) is 121 cm³/mol.